The molecule has 0 aliphatic heterocycles. The number of aliphatic imine (C=N–C) groups is 1. The lowest BCUT2D eigenvalue weighted by molar-refractivity contribution is 0.0697. The third-order valence-corrected chi connectivity index (χ3v) is 4.56. The molecule has 7 nitrogen and oxygen atoms in total. The summed E-state index contributed by atoms with van der Waals surface area (Å²) in [5.41, 5.74) is 9.19. The lowest BCUT2D eigenvalue weighted by Gasteiger charge is -2.19. The Bertz CT molecular complexity index is 768. The highest BCUT2D eigenvalue weighted by Crippen LogP contribution is 2.21. The number of nitrogens with one attached hydrogen (secondary N) is 1. The van der Waals surface area contributed by atoms with E-state index >= 15 is 0 Å². The molecule has 0 aliphatic rings. The maximum Gasteiger partial charge on any atom is 0.335 e. The normalized spacial score (nSPS) is 14.0. The first-order valence-electron chi connectivity index (χ1n) is 9.51. The summed E-state index contributed by atoms with van der Waals surface area (Å²) in [6, 6.07) is 4.80. The van der Waals surface area contributed by atoms with Gasteiger partial charge in [-0.25, -0.2) is 10.6 Å². The number of benzene rings is 1. The topological polar surface area (TPSA) is 117 Å². The molecule has 28 heavy (non-hydrogen) atoms. The van der Waals surface area contributed by atoms with Crippen LogP contribution in [0.5, 0.6) is 0 Å². The second-order valence-electron chi connectivity index (χ2n) is 6.91. The minimum Gasteiger partial charge on any atom is -0.478 e. The first-order chi connectivity index (χ1) is 13.2. The number of aryl methyl sites for hydroxylation is 1. The van der Waals surface area contributed by atoms with Crippen molar-refractivity contribution in [2.24, 2.45) is 22.5 Å². The Labute approximate surface area is 167 Å². The van der Waals surface area contributed by atoms with E-state index < -0.39 is 5.97 Å². The number of amidine groups is 1. The van der Waals surface area contributed by atoms with Crippen molar-refractivity contribution >= 4 is 17.5 Å². The molecule has 0 amide bonds. The third kappa shape index (κ3) is 7.08. The number of rotatable bonds is 9. The molecule has 0 heterocycles. The molecule has 0 aliphatic carbocycles. The largest absolute Gasteiger partial charge is 0.478 e. The van der Waals surface area contributed by atoms with E-state index in [4.69, 9.17) is 11.6 Å². The molecule has 1 atom stereocenters. The van der Waals surface area contributed by atoms with Gasteiger partial charge in [0.2, 0.25) is 0 Å². The second-order valence-corrected chi connectivity index (χ2v) is 6.91. The molecule has 1 aromatic carbocycles. The molecule has 1 rings (SSSR count). The third-order valence-electron chi connectivity index (χ3n) is 4.56. The van der Waals surface area contributed by atoms with Crippen LogP contribution in [0.25, 0.3) is 0 Å². The summed E-state index contributed by atoms with van der Waals surface area (Å²) in [5, 5.41) is 13.7. The highest BCUT2D eigenvalue weighted by Gasteiger charge is 2.10. The van der Waals surface area contributed by atoms with Gasteiger partial charge in [-0.2, -0.15) is 0 Å². The van der Waals surface area contributed by atoms with Crippen molar-refractivity contribution in [1.82, 2.24) is 5.32 Å². The van der Waals surface area contributed by atoms with Gasteiger partial charge in [0.1, 0.15) is 0 Å². The molecule has 0 spiro atoms. The average Bonchev–Trinajstić information content (AvgIpc) is 2.66. The molecule has 0 radical (unpaired) electrons. The fourth-order valence-corrected chi connectivity index (χ4v) is 2.37. The Morgan fingerprint density at radius 1 is 1.39 bits per heavy atom. The summed E-state index contributed by atoms with van der Waals surface area (Å²) < 4.78 is 0. The quantitative estimate of drug-likeness (QED) is 0.169. The van der Waals surface area contributed by atoms with Crippen molar-refractivity contribution in [3.05, 3.63) is 53.0 Å². The van der Waals surface area contributed by atoms with Gasteiger partial charge in [0.15, 0.2) is 0 Å². The van der Waals surface area contributed by atoms with Crippen molar-refractivity contribution < 1.29 is 9.90 Å². The number of carboxylic acid groups (broad SMARTS) is 1. The van der Waals surface area contributed by atoms with E-state index in [-0.39, 0.29) is 5.56 Å². The number of anilines is 1. The van der Waals surface area contributed by atoms with E-state index in [2.05, 4.69) is 24.2 Å². The lowest BCUT2D eigenvalue weighted by atomic mass is 10.1. The Morgan fingerprint density at radius 3 is 2.64 bits per heavy atom. The summed E-state index contributed by atoms with van der Waals surface area (Å²) in [5.74, 6) is 6.50. The number of hydrogen-bond donors (Lipinski definition) is 4. The molecule has 1 unspecified atom stereocenters. The van der Waals surface area contributed by atoms with Crippen molar-refractivity contribution in [2.45, 2.75) is 47.5 Å². The van der Waals surface area contributed by atoms with Crippen molar-refractivity contribution in [2.75, 3.05) is 11.6 Å². The standard InChI is InChI=1S/C21H33N5O2/c1-6-14(3)11-24-16(5)25-12-17(7-2)19(22)13-26(23)20-10-18(21(27)28)9-8-15(20)4/h8-10,12-14H,6-7,11,22-23H2,1-5H3,(H,24,25)(H,27,28)/b17-12+,19-13-. The number of carboxylic acids is 1. The van der Waals surface area contributed by atoms with E-state index in [1.54, 1.807) is 18.3 Å². The number of aromatic carboxylic acids is 1. The van der Waals surface area contributed by atoms with E-state index in [9.17, 15) is 9.90 Å². The summed E-state index contributed by atoms with van der Waals surface area (Å²) in [4.78, 5) is 15.7. The van der Waals surface area contributed by atoms with Gasteiger partial charge in [-0.05, 0) is 49.5 Å². The van der Waals surface area contributed by atoms with Crippen LogP contribution in [0.1, 0.15) is 56.5 Å². The first-order valence-corrected chi connectivity index (χ1v) is 9.51. The monoisotopic (exact) mass is 387 g/mol. The first kappa shape index (κ1) is 23.2. The zero-order valence-corrected chi connectivity index (χ0v) is 17.5. The maximum atomic E-state index is 11.2. The number of nitrogens with two attached hydrogens (primary N) is 2. The van der Waals surface area contributed by atoms with E-state index in [0.29, 0.717) is 23.7 Å². The number of allylic oxidation sites excluding steroid dienone is 1. The fraction of sp³-hybridized carbons (Fsp3) is 0.429. The summed E-state index contributed by atoms with van der Waals surface area (Å²) in [6.07, 6.45) is 5.22. The Morgan fingerprint density at radius 2 is 2.07 bits per heavy atom. The van der Waals surface area contributed by atoms with Crippen LogP contribution < -0.4 is 21.9 Å². The number of nitrogens with zero attached hydrogens (tertiary/aromatic N) is 2. The van der Waals surface area contributed by atoms with Gasteiger partial charge in [-0.1, -0.05) is 33.3 Å². The van der Waals surface area contributed by atoms with E-state index in [1.165, 1.54) is 11.1 Å². The predicted molar refractivity (Wildman–Crippen MR) is 116 cm³/mol. The molecule has 6 N–H and O–H groups in total. The van der Waals surface area contributed by atoms with Gasteiger partial charge in [0.05, 0.1) is 22.8 Å². The molecule has 1 aromatic rings. The van der Waals surface area contributed by atoms with Crippen LogP contribution in [0.2, 0.25) is 0 Å². The molecule has 0 aromatic heterocycles. The minimum atomic E-state index is -1.00. The highest BCUT2D eigenvalue weighted by molar-refractivity contribution is 5.89. The predicted octanol–water partition coefficient (Wildman–Crippen LogP) is 3.52. The zero-order valence-electron chi connectivity index (χ0n) is 17.5. The molecule has 7 heteroatoms. The van der Waals surface area contributed by atoms with Gasteiger partial charge in [0.25, 0.3) is 0 Å². The minimum absolute atomic E-state index is 0.170. The molecule has 0 bridgehead atoms. The Hall–Kier alpha value is -2.80. The Balaban J connectivity index is 2.97. The van der Waals surface area contributed by atoms with E-state index in [0.717, 1.165) is 29.9 Å². The summed E-state index contributed by atoms with van der Waals surface area (Å²) in [6.45, 7) is 10.9. The fourth-order valence-electron chi connectivity index (χ4n) is 2.37. The van der Waals surface area contributed by atoms with Crippen molar-refractivity contribution in [1.29, 1.82) is 0 Å². The van der Waals surface area contributed by atoms with Crippen molar-refractivity contribution in [3.8, 4) is 0 Å². The maximum absolute atomic E-state index is 11.2. The van der Waals surface area contributed by atoms with Crippen LogP contribution in [-0.2, 0) is 0 Å². The molecule has 0 fully saturated rings. The number of hydrogen-bond acceptors (Lipinski definition) is 5. The van der Waals surface area contributed by atoms with Crippen LogP contribution in [0, 0.1) is 12.8 Å². The van der Waals surface area contributed by atoms with Gasteiger partial charge in [0, 0.05) is 18.9 Å². The zero-order chi connectivity index (χ0) is 21.3. The lowest BCUT2D eigenvalue weighted by Crippen LogP contribution is -2.27. The van der Waals surface area contributed by atoms with Crippen LogP contribution >= 0.6 is 0 Å². The molecular weight excluding hydrogens is 354 g/mol. The summed E-state index contributed by atoms with van der Waals surface area (Å²) >= 11 is 0. The van der Waals surface area contributed by atoms with Gasteiger partial charge >= 0.3 is 5.97 Å². The van der Waals surface area contributed by atoms with Crippen LogP contribution in [-0.4, -0.2) is 23.5 Å². The van der Waals surface area contributed by atoms with Crippen molar-refractivity contribution in [3.63, 3.8) is 0 Å². The highest BCUT2D eigenvalue weighted by atomic mass is 16.4. The number of hydrazine groups is 1. The second kappa shape index (κ2) is 11.1. The SMILES string of the molecule is CCC(=C\NC(C)=NCC(C)CC)/C(N)=C/N(N)c1cc(C(=O)O)ccc1C. The van der Waals surface area contributed by atoms with Gasteiger partial charge in [-0.3, -0.25) is 10.0 Å². The molecular formula is C21H33N5O2. The smallest absolute Gasteiger partial charge is 0.335 e. The summed E-state index contributed by atoms with van der Waals surface area (Å²) in [7, 11) is 0. The number of carbonyl (C=O) groups is 1. The van der Waals surface area contributed by atoms with Gasteiger partial charge < -0.3 is 16.2 Å². The molecule has 0 saturated carbocycles. The van der Waals surface area contributed by atoms with E-state index in [1.807, 2.05) is 27.0 Å². The van der Waals surface area contributed by atoms with Gasteiger partial charge in [-0.15, -0.1) is 0 Å². The van der Waals surface area contributed by atoms with Crippen LogP contribution in [0.3, 0.4) is 0 Å². The Kier molecular flexibility index (Phi) is 9.24. The van der Waals surface area contributed by atoms with Crippen LogP contribution in [0.4, 0.5) is 5.69 Å². The average molecular weight is 388 g/mol. The molecule has 0 saturated heterocycles. The molecule has 154 valence electrons. The van der Waals surface area contributed by atoms with Crippen LogP contribution in [0.15, 0.2) is 46.9 Å².